The molecule has 1 aromatic heterocycles. The molecule has 0 spiro atoms. The minimum Gasteiger partial charge on any atom is -0.468 e. The van der Waals surface area contributed by atoms with Crippen molar-refractivity contribution in [2.24, 2.45) is 5.73 Å². The van der Waals surface area contributed by atoms with Crippen molar-refractivity contribution in [1.29, 1.82) is 0 Å². The Labute approximate surface area is 118 Å². The van der Waals surface area contributed by atoms with Crippen molar-refractivity contribution in [2.75, 3.05) is 12.3 Å². The summed E-state index contributed by atoms with van der Waals surface area (Å²) in [6.45, 7) is 2.35. The molecule has 1 heterocycles. The van der Waals surface area contributed by atoms with E-state index in [1.54, 1.807) is 6.26 Å². The van der Waals surface area contributed by atoms with Crippen LogP contribution in [0.15, 0.2) is 47.1 Å². The van der Waals surface area contributed by atoms with Crippen LogP contribution in [0.2, 0.25) is 0 Å². The highest BCUT2D eigenvalue weighted by Gasteiger charge is 2.05. The van der Waals surface area contributed by atoms with Crippen LogP contribution in [-0.2, 0) is 18.8 Å². The van der Waals surface area contributed by atoms with Gasteiger partial charge in [0.2, 0.25) is 0 Å². The molecule has 1 aromatic carbocycles. The Morgan fingerprint density at radius 1 is 1.11 bits per heavy atom. The molecule has 4 heteroatoms. The summed E-state index contributed by atoms with van der Waals surface area (Å²) in [5.41, 5.74) is 8.04. The van der Waals surface area contributed by atoms with Crippen LogP contribution < -0.4 is 11.1 Å². The first-order valence-corrected chi connectivity index (χ1v) is 7.63. The third-order valence-corrected chi connectivity index (χ3v) is 3.85. The van der Waals surface area contributed by atoms with Crippen molar-refractivity contribution in [1.82, 2.24) is 5.32 Å². The van der Waals surface area contributed by atoms with Gasteiger partial charge < -0.3 is 15.5 Å². The number of hydrogen-bond donors (Lipinski definition) is 2. The van der Waals surface area contributed by atoms with Crippen LogP contribution in [0.5, 0.6) is 0 Å². The monoisotopic (exact) mass is 276 g/mol. The number of benzene rings is 1. The molecule has 0 amide bonds. The average molecular weight is 276 g/mol. The highest BCUT2D eigenvalue weighted by Crippen LogP contribution is 2.17. The van der Waals surface area contributed by atoms with E-state index in [1.165, 1.54) is 11.1 Å². The Hall–Kier alpha value is -1.23. The van der Waals surface area contributed by atoms with Gasteiger partial charge in [-0.1, -0.05) is 30.3 Å². The number of rotatable bonds is 8. The van der Waals surface area contributed by atoms with Gasteiger partial charge in [-0.05, 0) is 11.6 Å². The second kappa shape index (κ2) is 8.04. The van der Waals surface area contributed by atoms with Crippen LogP contribution in [0, 0.1) is 0 Å². The molecule has 0 unspecified atom stereocenters. The van der Waals surface area contributed by atoms with E-state index >= 15 is 0 Å². The molecule has 2 aromatic rings. The van der Waals surface area contributed by atoms with E-state index < -0.39 is 0 Å². The summed E-state index contributed by atoms with van der Waals surface area (Å²) in [5, 5.41) is 3.41. The predicted molar refractivity (Wildman–Crippen MR) is 80.9 cm³/mol. The molecular formula is C15H20N2OS. The summed E-state index contributed by atoms with van der Waals surface area (Å²) in [6, 6.07) is 12.4. The fraction of sp³-hybridized carbons (Fsp3) is 0.333. The third kappa shape index (κ3) is 4.74. The largest absolute Gasteiger partial charge is 0.468 e. The third-order valence-electron chi connectivity index (χ3n) is 2.81. The smallest absolute Gasteiger partial charge is 0.121 e. The molecule has 0 saturated carbocycles. The number of thioether (sulfide) groups is 1. The zero-order valence-corrected chi connectivity index (χ0v) is 11.8. The zero-order valence-electron chi connectivity index (χ0n) is 11.0. The molecule has 19 heavy (non-hydrogen) atoms. The number of nitrogens with one attached hydrogen (secondary N) is 1. The van der Waals surface area contributed by atoms with Crippen LogP contribution in [0.1, 0.15) is 16.9 Å². The normalized spacial score (nSPS) is 10.8. The Kier molecular flexibility index (Phi) is 6.01. The van der Waals surface area contributed by atoms with Crippen molar-refractivity contribution >= 4 is 11.8 Å². The molecule has 0 aliphatic carbocycles. The van der Waals surface area contributed by atoms with E-state index in [0.29, 0.717) is 0 Å². The molecule has 0 saturated heterocycles. The maximum Gasteiger partial charge on any atom is 0.121 e. The summed E-state index contributed by atoms with van der Waals surface area (Å²) < 4.78 is 5.53. The highest BCUT2D eigenvalue weighted by atomic mass is 32.2. The van der Waals surface area contributed by atoms with Gasteiger partial charge in [0.25, 0.3) is 0 Å². The van der Waals surface area contributed by atoms with Gasteiger partial charge in [0.05, 0.1) is 12.8 Å². The van der Waals surface area contributed by atoms with Gasteiger partial charge in [0.1, 0.15) is 5.76 Å². The van der Waals surface area contributed by atoms with Crippen molar-refractivity contribution < 1.29 is 4.42 Å². The zero-order chi connectivity index (χ0) is 13.3. The van der Waals surface area contributed by atoms with E-state index in [0.717, 1.165) is 36.9 Å². The fourth-order valence-electron chi connectivity index (χ4n) is 1.83. The first-order chi connectivity index (χ1) is 9.40. The topological polar surface area (TPSA) is 51.2 Å². The average Bonchev–Trinajstić information content (AvgIpc) is 2.88. The van der Waals surface area contributed by atoms with E-state index in [-0.39, 0.29) is 0 Å². The van der Waals surface area contributed by atoms with Crippen LogP contribution in [-0.4, -0.2) is 12.3 Å². The first kappa shape index (κ1) is 14.2. The Morgan fingerprint density at radius 3 is 2.74 bits per heavy atom. The first-order valence-electron chi connectivity index (χ1n) is 6.48. The van der Waals surface area contributed by atoms with Crippen molar-refractivity contribution in [2.45, 2.75) is 18.8 Å². The summed E-state index contributed by atoms with van der Waals surface area (Å²) in [5.74, 6) is 2.98. The van der Waals surface area contributed by atoms with Crippen LogP contribution in [0.3, 0.4) is 0 Å². The Bertz CT molecular complexity index is 470. The summed E-state index contributed by atoms with van der Waals surface area (Å²) in [4.78, 5) is 0. The van der Waals surface area contributed by atoms with Gasteiger partial charge in [-0.25, -0.2) is 0 Å². The molecule has 0 bridgehead atoms. The van der Waals surface area contributed by atoms with Crippen LogP contribution in [0.4, 0.5) is 0 Å². The second-order valence-corrected chi connectivity index (χ2v) is 5.40. The maximum absolute atomic E-state index is 5.53. The van der Waals surface area contributed by atoms with Crippen LogP contribution >= 0.6 is 11.8 Å². The molecule has 0 fully saturated rings. The molecule has 3 nitrogen and oxygen atoms in total. The van der Waals surface area contributed by atoms with Gasteiger partial charge >= 0.3 is 0 Å². The molecule has 0 radical (unpaired) electrons. The van der Waals surface area contributed by atoms with E-state index in [2.05, 4.69) is 29.6 Å². The second-order valence-electron chi connectivity index (χ2n) is 4.30. The summed E-state index contributed by atoms with van der Waals surface area (Å²) in [6.07, 6.45) is 1.76. The Morgan fingerprint density at radius 2 is 1.95 bits per heavy atom. The lowest BCUT2D eigenvalue weighted by atomic mass is 10.2. The standard InChI is InChI=1S/C15H20N2OS/c16-7-9-19-12-14-6-8-18-15(14)11-17-10-13-4-2-1-3-5-13/h1-6,8,17H,7,9-12,16H2. The molecule has 0 aliphatic rings. The minimum atomic E-state index is 0.726. The van der Waals surface area contributed by atoms with Crippen LogP contribution in [0.25, 0.3) is 0 Å². The molecule has 0 aliphatic heterocycles. The predicted octanol–water partition coefficient (Wildman–Crippen LogP) is 2.76. The van der Waals surface area contributed by atoms with Gasteiger partial charge in [-0.2, -0.15) is 11.8 Å². The maximum atomic E-state index is 5.53. The van der Waals surface area contributed by atoms with Gasteiger partial charge in [-0.15, -0.1) is 0 Å². The van der Waals surface area contributed by atoms with E-state index in [4.69, 9.17) is 10.2 Å². The molecular weight excluding hydrogens is 256 g/mol. The SMILES string of the molecule is NCCSCc1ccoc1CNCc1ccccc1. The van der Waals surface area contributed by atoms with E-state index in [1.807, 2.05) is 23.9 Å². The van der Waals surface area contributed by atoms with Gasteiger partial charge in [-0.3, -0.25) is 0 Å². The van der Waals surface area contributed by atoms with Crippen molar-refractivity contribution in [3.05, 3.63) is 59.5 Å². The highest BCUT2D eigenvalue weighted by molar-refractivity contribution is 7.98. The summed E-state index contributed by atoms with van der Waals surface area (Å²) >= 11 is 1.84. The fourth-order valence-corrected chi connectivity index (χ4v) is 2.62. The Balaban J connectivity index is 1.78. The molecule has 102 valence electrons. The lowest BCUT2D eigenvalue weighted by Crippen LogP contribution is -2.13. The molecule has 0 atom stereocenters. The lowest BCUT2D eigenvalue weighted by Gasteiger charge is -2.05. The van der Waals surface area contributed by atoms with Crippen molar-refractivity contribution in [3.63, 3.8) is 0 Å². The molecule has 2 rings (SSSR count). The molecule has 3 N–H and O–H groups in total. The number of furan rings is 1. The quantitative estimate of drug-likeness (QED) is 0.728. The number of hydrogen-bond acceptors (Lipinski definition) is 4. The lowest BCUT2D eigenvalue weighted by molar-refractivity contribution is 0.480. The minimum absolute atomic E-state index is 0.726. The van der Waals surface area contributed by atoms with E-state index in [9.17, 15) is 0 Å². The van der Waals surface area contributed by atoms with Gasteiger partial charge in [0, 0.05) is 30.2 Å². The summed E-state index contributed by atoms with van der Waals surface area (Å²) in [7, 11) is 0. The number of nitrogens with two attached hydrogens (primary N) is 1. The van der Waals surface area contributed by atoms with Gasteiger partial charge in [0.15, 0.2) is 0 Å². The van der Waals surface area contributed by atoms with Crippen molar-refractivity contribution in [3.8, 4) is 0 Å².